The third-order valence-electron chi connectivity index (χ3n) is 4.20. The van der Waals surface area contributed by atoms with E-state index < -0.39 is 11.4 Å². The molecule has 0 amide bonds. The number of Topliss-reactive ketones (excluding diaryl/α,β-unsaturated/α-hetero) is 1. The molecule has 0 radical (unpaired) electrons. The SMILES string of the molecule is C=CC[C@]1(CCCC(=O)O)CCc2ccccc2C1=O. The van der Waals surface area contributed by atoms with Gasteiger partial charge in [0.05, 0.1) is 0 Å². The minimum Gasteiger partial charge on any atom is -0.481 e. The zero-order valence-corrected chi connectivity index (χ0v) is 11.6. The highest BCUT2D eigenvalue weighted by atomic mass is 16.4. The van der Waals surface area contributed by atoms with E-state index >= 15 is 0 Å². The highest BCUT2D eigenvalue weighted by Crippen LogP contribution is 2.42. The number of benzene rings is 1. The van der Waals surface area contributed by atoms with Gasteiger partial charge in [-0.1, -0.05) is 30.3 Å². The zero-order chi connectivity index (χ0) is 14.6. The van der Waals surface area contributed by atoms with Crippen LogP contribution in [0.5, 0.6) is 0 Å². The summed E-state index contributed by atoms with van der Waals surface area (Å²) < 4.78 is 0. The average molecular weight is 272 g/mol. The maximum absolute atomic E-state index is 12.8. The maximum atomic E-state index is 12.8. The molecule has 1 atom stereocenters. The number of rotatable bonds is 6. The van der Waals surface area contributed by atoms with Gasteiger partial charge in [-0.15, -0.1) is 6.58 Å². The van der Waals surface area contributed by atoms with Gasteiger partial charge < -0.3 is 5.11 Å². The first-order valence-corrected chi connectivity index (χ1v) is 7.04. The summed E-state index contributed by atoms with van der Waals surface area (Å²) in [5.74, 6) is -0.646. The van der Waals surface area contributed by atoms with Gasteiger partial charge in [0.1, 0.15) is 0 Å². The third kappa shape index (κ3) is 2.82. The smallest absolute Gasteiger partial charge is 0.303 e. The van der Waals surface area contributed by atoms with Crippen LogP contribution in [0, 0.1) is 5.41 Å². The van der Waals surface area contributed by atoms with Gasteiger partial charge >= 0.3 is 5.97 Å². The second kappa shape index (κ2) is 6.04. The number of fused-ring (bicyclic) bond motifs is 1. The van der Waals surface area contributed by atoms with Crippen LogP contribution in [0.1, 0.15) is 48.0 Å². The molecule has 0 heterocycles. The fourth-order valence-electron chi connectivity index (χ4n) is 3.12. The monoisotopic (exact) mass is 272 g/mol. The predicted molar refractivity (Wildman–Crippen MR) is 77.8 cm³/mol. The summed E-state index contributed by atoms with van der Waals surface area (Å²) in [6.07, 6.45) is 5.35. The van der Waals surface area contributed by atoms with Crippen LogP contribution >= 0.6 is 0 Å². The van der Waals surface area contributed by atoms with E-state index in [2.05, 4.69) is 6.58 Å². The van der Waals surface area contributed by atoms with Gasteiger partial charge in [-0.2, -0.15) is 0 Å². The number of aryl methyl sites for hydroxylation is 1. The van der Waals surface area contributed by atoms with Crippen LogP contribution < -0.4 is 0 Å². The fraction of sp³-hybridized carbons (Fsp3) is 0.412. The molecule has 106 valence electrons. The molecule has 0 saturated heterocycles. The Morgan fingerprint density at radius 1 is 1.40 bits per heavy atom. The van der Waals surface area contributed by atoms with E-state index in [1.165, 1.54) is 0 Å². The molecule has 1 N–H and O–H groups in total. The zero-order valence-electron chi connectivity index (χ0n) is 11.6. The first-order chi connectivity index (χ1) is 9.59. The number of hydrogen-bond acceptors (Lipinski definition) is 2. The standard InChI is InChI=1S/C17H20O3/c1-2-10-17(11-5-8-15(18)19)12-9-13-6-3-4-7-14(13)16(17)20/h2-4,6-7H,1,5,8-12H2,(H,18,19)/t17-/m0/s1. The first kappa shape index (κ1) is 14.5. The molecule has 1 aliphatic carbocycles. The summed E-state index contributed by atoms with van der Waals surface area (Å²) in [5.41, 5.74) is 1.46. The van der Waals surface area contributed by atoms with E-state index in [1.807, 2.05) is 24.3 Å². The number of carbonyl (C=O) groups is 2. The molecule has 0 unspecified atom stereocenters. The van der Waals surface area contributed by atoms with Gasteiger partial charge in [0, 0.05) is 17.4 Å². The molecular weight excluding hydrogens is 252 g/mol. The van der Waals surface area contributed by atoms with Crippen LogP contribution in [0.25, 0.3) is 0 Å². The lowest BCUT2D eigenvalue weighted by molar-refractivity contribution is -0.137. The molecule has 0 aliphatic heterocycles. The number of aliphatic carboxylic acids is 1. The van der Waals surface area contributed by atoms with Crippen LogP contribution in [0.4, 0.5) is 0 Å². The van der Waals surface area contributed by atoms with E-state index in [1.54, 1.807) is 6.08 Å². The summed E-state index contributed by atoms with van der Waals surface area (Å²) in [5, 5.41) is 8.78. The Morgan fingerprint density at radius 2 is 2.15 bits per heavy atom. The van der Waals surface area contributed by atoms with E-state index in [9.17, 15) is 9.59 Å². The van der Waals surface area contributed by atoms with Crippen molar-refractivity contribution in [3.63, 3.8) is 0 Å². The normalized spacial score (nSPS) is 21.3. The molecule has 2 rings (SSSR count). The van der Waals surface area contributed by atoms with Gasteiger partial charge in [-0.05, 0) is 37.7 Å². The topological polar surface area (TPSA) is 54.4 Å². The quantitative estimate of drug-likeness (QED) is 0.804. The molecule has 0 spiro atoms. The van der Waals surface area contributed by atoms with Crippen LogP contribution in [-0.4, -0.2) is 16.9 Å². The lowest BCUT2D eigenvalue weighted by atomic mass is 9.66. The molecule has 1 aliphatic rings. The van der Waals surface area contributed by atoms with Crippen LogP contribution in [0.15, 0.2) is 36.9 Å². The molecule has 20 heavy (non-hydrogen) atoms. The second-order valence-electron chi connectivity index (χ2n) is 5.51. The van der Waals surface area contributed by atoms with Crippen molar-refractivity contribution >= 4 is 11.8 Å². The molecule has 3 heteroatoms. The van der Waals surface area contributed by atoms with Crippen molar-refractivity contribution in [2.45, 2.75) is 38.5 Å². The van der Waals surface area contributed by atoms with E-state index in [4.69, 9.17) is 5.11 Å². The minimum absolute atomic E-state index is 0.119. The predicted octanol–water partition coefficient (Wildman–Crippen LogP) is 3.63. The Labute approximate surface area is 119 Å². The molecule has 1 aromatic carbocycles. The third-order valence-corrected chi connectivity index (χ3v) is 4.20. The summed E-state index contributed by atoms with van der Waals surface area (Å²) in [6.45, 7) is 3.76. The van der Waals surface area contributed by atoms with Gasteiger partial charge in [-0.3, -0.25) is 9.59 Å². The Morgan fingerprint density at radius 3 is 2.85 bits per heavy atom. The van der Waals surface area contributed by atoms with Gasteiger partial charge in [0.25, 0.3) is 0 Å². The molecular formula is C17H20O3. The van der Waals surface area contributed by atoms with Crippen molar-refractivity contribution in [2.75, 3.05) is 0 Å². The Kier molecular flexibility index (Phi) is 4.38. The molecule has 1 aromatic rings. The van der Waals surface area contributed by atoms with E-state index in [0.29, 0.717) is 19.3 Å². The number of hydrogen-bond donors (Lipinski definition) is 1. The molecule has 0 bridgehead atoms. The summed E-state index contributed by atoms with van der Waals surface area (Å²) in [4.78, 5) is 23.5. The first-order valence-electron chi connectivity index (χ1n) is 7.04. The van der Waals surface area contributed by atoms with Crippen LogP contribution in [0.2, 0.25) is 0 Å². The molecule has 0 aromatic heterocycles. The average Bonchev–Trinajstić information content (AvgIpc) is 2.43. The van der Waals surface area contributed by atoms with Gasteiger partial charge in [0.2, 0.25) is 0 Å². The number of allylic oxidation sites excluding steroid dienone is 1. The largest absolute Gasteiger partial charge is 0.481 e. The van der Waals surface area contributed by atoms with Crippen LogP contribution in [-0.2, 0) is 11.2 Å². The Balaban J connectivity index is 2.23. The van der Waals surface area contributed by atoms with Crippen molar-refractivity contribution in [1.29, 1.82) is 0 Å². The number of ketones is 1. The van der Waals surface area contributed by atoms with Crippen molar-refractivity contribution in [3.05, 3.63) is 48.0 Å². The fourth-order valence-corrected chi connectivity index (χ4v) is 3.12. The van der Waals surface area contributed by atoms with Crippen molar-refractivity contribution < 1.29 is 14.7 Å². The molecule has 3 nitrogen and oxygen atoms in total. The van der Waals surface area contributed by atoms with Gasteiger partial charge in [-0.25, -0.2) is 0 Å². The van der Waals surface area contributed by atoms with Crippen molar-refractivity contribution in [1.82, 2.24) is 0 Å². The number of carbonyl (C=O) groups excluding carboxylic acids is 1. The lowest BCUT2D eigenvalue weighted by Crippen LogP contribution is -2.36. The lowest BCUT2D eigenvalue weighted by Gasteiger charge is -2.36. The van der Waals surface area contributed by atoms with Crippen LogP contribution in [0.3, 0.4) is 0 Å². The van der Waals surface area contributed by atoms with Crippen molar-refractivity contribution in [2.24, 2.45) is 5.41 Å². The van der Waals surface area contributed by atoms with Crippen molar-refractivity contribution in [3.8, 4) is 0 Å². The highest BCUT2D eigenvalue weighted by Gasteiger charge is 2.40. The van der Waals surface area contributed by atoms with E-state index in [0.717, 1.165) is 24.0 Å². The van der Waals surface area contributed by atoms with Gasteiger partial charge in [0.15, 0.2) is 5.78 Å². The highest BCUT2D eigenvalue weighted by molar-refractivity contribution is 6.02. The Hall–Kier alpha value is -1.90. The maximum Gasteiger partial charge on any atom is 0.303 e. The summed E-state index contributed by atoms with van der Waals surface area (Å²) in [7, 11) is 0. The molecule has 0 saturated carbocycles. The summed E-state index contributed by atoms with van der Waals surface area (Å²) >= 11 is 0. The number of carboxylic acids is 1. The minimum atomic E-state index is -0.803. The number of carboxylic acid groups (broad SMARTS) is 1. The molecule has 0 fully saturated rings. The second-order valence-corrected chi connectivity index (χ2v) is 5.51. The van der Waals surface area contributed by atoms with E-state index in [-0.39, 0.29) is 12.2 Å². The summed E-state index contributed by atoms with van der Waals surface area (Å²) in [6, 6.07) is 7.73. The Bertz CT molecular complexity index is 533.